The van der Waals surface area contributed by atoms with Crippen molar-refractivity contribution >= 4 is 33.7 Å². The number of rotatable bonds is 6. The molecule has 3 rings (SSSR count). The largest absolute Gasteiger partial charge is 0.508 e. The van der Waals surface area contributed by atoms with E-state index in [1.807, 2.05) is 6.92 Å². The van der Waals surface area contributed by atoms with Crippen LogP contribution in [0.1, 0.15) is 31.4 Å². The molecule has 4 N–H and O–H groups in total. The van der Waals surface area contributed by atoms with E-state index in [1.54, 1.807) is 12.1 Å². The molecule has 2 heterocycles. The third-order valence-electron chi connectivity index (χ3n) is 5.44. The lowest BCUT2D eigenvalue weighted by molar-refractivity contribution is -0.153. The molecule has 2 saturated heterocycles. The van der Waals surface area contributed by atoms with E-state index in [1.165, 1.54) is 6.07 Å². The van der Waals surface area contributed by atoms with Gasteiger partial charge in [-0.1, -0.05) is 29.3 Å². The van der Waals surface area contributed by atoms with Crippen LogP contribution in [-0.4, -0.2) is 56.7 Å². The molecule has 1 aromatic rings. The van der Waals surface area contributed by atoms with Crippen LogP contribution < -0.4 is 5.32 Å². The van der Waals surface area contributed by atoms with Crippen molar-refractivity contribution in [2.45, 2.75) is 31.3 Å². The van der Waals surface area contributed by atoms with Crippen LogP contribution in [0.2, 0.25) is 0 Å². The number of hydrogen-bond acceptors (Lipinski definition) is 6. The summed E-state index contributed by atoms with van der Waals surface area (Å²) in [5.41, 5.74) is -1.69. The fraction of sp³-hybridized carbons (Fsp3) is 0.500. The number of carbonyl (C=O) groups is 3. The van der Waals surface area contributed by atoms with Crippen molar-refractivity contribution in [1.29, 1.82) is 0 Å². The molecule has 4 atom stereocenters. The lowest BCUT2D eigenvalue weighted by Gasteiger charge is -2.29. The number of phenols is 1. The van der Waals surface area contributed by atoms with Crippen molar-refractivity contribution in [3.63, 3.8) is 0 Å². The number of aromatic hydroxyl groups is 1. The number of nitrogens with one attached hydrogen (secondary N) is 1. The van der Waals surface area contributed by atoms with E-state index in [-0.39, 0.29) is 12.3 Å². The predicted octanol–water partition coefficient (Wildman–Crippen LogP) is 1.02. The number of benzene rings is 1. The molecule has 2 fully saturated rings. The first-order chi connectivity index (χ1) is 12.8. The second-order valence-electron chi connectivity index (χ2n) is 6.94. The lowest BCUT2D eigenvalue weighted by Crippen LogP contribution is -2.58. The molecule has 0 saturated carbocycles. The van der Waals surface area contributed by atoms with Gasteiger partial charge in [-0.3, -0.25) is 24.6 Å². The van der Waals surface area contributed by atoms with Gasteiger partial charge in [-0.15, -0.1) is 0 Å². The van der Waals surface area contributed by atoms with Gasteiger partial charge in [0, 0.05) is 22.6 Å². The topological polar surface area (TPSA) is 127 Å². The maximum absolute atomic E-state index is 13.0. The highest BCUT2D eigenvalue weighted by Crippen LogP contribution is 2.50. The van der Waals surface area contributed by atoms with Crippen LogP contribution in [0.4, 0.5) is 0 Å². The highest BCUT2D eigenvalue weighted by atomic mass is 79.9. The summed E-state index contributed by atoms with van der Waals surface area (Å²) in [5.74, 6) is -4.87. The first-order valence-corrected chi connectivity index (χ1v) is 9.53. The molecule has 2 aliphatic rings. The van der Waals surface area contributed by atoms with E-state index < -0.39 is 47.8 Å². The Morgan fingerprint density at radius 3 is 2.63 bits per heavy atom. The number of halogens is 1. The summed E-state index contributed by atoms with van der Waals surface area (Å²) < 4.78 is 0.630. The minimum absolute atomic E-state index is 0.124. The van der Waals surface area contributed by atoms with Crippen molar-refractivity contribution in [2.24, 2.45) is 11.8 Å². The number of nitrogens with zero attached hydrogens (tertiary/aromatic N) is 1. The number of fused-ring (bicyclic) bond motifs is 1. The maximum atomic E-state index is 13.0. The molecule has 0 bridgehead atoms. The SMILES string of the molecule is CCCCN1C(=O)C2C(c3cc(Br)ccc3O)NC(CO)(C(=O)O)C2C1=O. The Morgan fingerprint density at radius 1 is 1.33 bits per heavy atom. The number of phenolic OH excluding ortho intramolecular Hbond substituents is 1. The molecule has 27 heavy (non-hydrogen) atoms. The number of carbonyl (C=O) groups excluding carboxylic acids is 2. The van der Waals surface area contributed by atoms with Gasteiger partial charge in [-0.25, -0.2) is 0 Å². The summed E-state index contributed by atoms with van der Waals surface area (Å²) in [6, 6.07) is 3.69. The van der Waals surface area contributed by atoms with Crippen molar-refractivity contribution in [3.8, 4) is 5.75 Å². The highest BCUT2D eigenvalue weighted by Gasteiger charge is 2.68. The highest BCUT2D eigenvalue weighted by molar-refractivity contribution is 9.10. The number of likely N-dealkylation sites (tertiary alicyclic amines) is 1. The Bertz CT molecular complexity index is 800. The number of amides is 2. The quantitative estimate of drug-likeness (QED) is 0.486. The third kappa shape index (κ3) is 2.94. The second kappa shape index (κ2) is 7.21. The van der Waals surface area contributed by atoms with Gasteiger partial charge in [0.2, 0.25) is 11.8 Å². The van der Waals surface area contributed by atoms with Gasteiger partial charge in [-0.2, -0.15) is 0 Å². The smallest absolute Gasteiger partial charge is 0.327 e. The van der Waals surface area contributed by atoms with Crippen LogP contribution in [0, 0.1) is 11.8 Å². The van der Waals surface area contributed by atoms with Gasteiger partial charge in [0.05, 0.1) is 18.4 Å². The standard InChI is InChI=1S/C18H21BrN2O6/c1-2-3-6-21-15(24)12-13(16(21)25)18(8-22,17(26)27)20-14(12)10-7-9(19)4-5-11(10)23/h4-5,7,12-14,20,22-23H,2-3,6,8H2,1H3,(H,26,27). The number of hydrogen-bond donors (Lipinski definition) is 4. The number of imide groups is 1. The summed E-state index contributed by atoms with van der Waals surface area (Å²) in [5, 5.41) is 32.7. The predicted molar refractivity (Wildman–Crippen MR) is 97.7 cm³/mol. The van der Waals surface area contributed by atoms with Gasteiger partial charge in [-0.05, 0) is 24.6 Å². The van der Waals surface area contributed by atoms with Crippen molar-refractivity contribution < 1.29 is 29.7 Å². The van der Waals surface area contributed by atoms with Crippen molar-refractivity contribution in [2.75, 3.05) is 13.2 Å². The summed E-state index contributed by atoms with van der Waals surface area (Å²) >= 11 is 3.30. The number of aliphatic hydroxyl groups excluding tert-OH is 1. The molecule has 9 heteroatoms. The Balaban J connectivity index is 2.12. The number of aliphatic hydroxyl groups is 1. The summed E-state index contributed by atoms with van der Waals surface area (Å²) in [7, 11) is 0. The van der Waals surface area contributed by atoms with Crippen molar-refractivity contribution in [3.05, 3.63) is 28.2 Å². The van der Waals surface area contributed by atoms with Crippen LogP contribution in [-0.2, 0) is 14.4 Å². The van der Waals surface area contributed by atoms with Crippen molar-refractivity contribution in [1.82, 2.24) is 10.2 Å². The number of carboxylic acids is 1. The molecule has 2 aliphatic heterocycles. The number of aliphatic carboxylic acids is 1. The van der Waals surface area contributed by atoms with Gasteiger partial charge in [0.1, 0.15) is 5.75 Å². The average molecular weight is 441 g/mol. The zero-order valence-electron chi connectivity index (χ0n) is 14.7. The van der Waals surface area contributed by atoms with E-state index in [9.17, 15) is 29.7 Å². The van der Waals surface area contributed by atoms with Crippen LogP contribution in [0.15, 0.2) is 22.7 Å². The lowest BCUT2D eigenvalue weighted by atomic mass is 9.79. The molecule has 0 aliphatic carbocycles. The Morgan fingerprint density at radius 2 is 2.04 bits per heavy atom. The van der Waals surface area contributed by atoms with Gasteiger partial charge < -0.3 is 15.3 Å². The molecule has 0 radical (unpaired) electrons. The fourth-order valence-electron chi connectivity index (χ4n) is 4.05. The first kappa shape index (κ1) is 19.8. The average Bonchev–Trinajstić information content (AvgIpc) is 3.11. The second-order valence-corrected chi connectivity index (χ2v) is 7.86. The molecule has 0 aromatic heterocycles. The van der Waals surface area contributed by atoms with E-state index in [4.69, 9.17) is 0 Å². The normalized spacial score (nSPS) is 30.0. The van der Waals surface area contributed by atoms with Gasteiger partial charge >= 0.3 is 5.97 Å². The maximum Gasteiger partial charge on any atom is 0.327 e. The molecule has 1 aromatic carbocycles. The van der Waals surface area contributed by atoms with Crippen LogP contribution in [0.3, 0.4) is 0 Å². The Kier molecular flexibility index (Phi) is 5.29. The Hall–Kier alpha value is -1.97. The first-order valence-electron chi connectivity index (χ1n) is 8.74. The summed E-state index contributed by atoms with van der Waals surface area (Å²) in [6.07, 6.45) is 1.38. The van der Waals surface area contributed by atoms with Crippen LogP contribution >= 0.6 is 15.9 Å². The number of carboxylic acid groups (broad SMARTS) is 1. The third-order valence-corrected chi connectivity index (χ3v) is 5.93. The van der Waals surface area contributed by atoms with E-state index in [2.05, 4.69) is 21.2 Å². The van der Waals surface area contributed by atoms with E-state index in [0.717, 1.165) is 11.3 Å². The van der Waals surface area contributed by atoms with Gasteiger partial charge in [0.25, 0.3) is 0 Å². The molecule has 8 nitrogen and oxygen atoms in total. The summed E-state index contributed by atoms with van der Waals surface area (Å²) in [4.78, 5) is 39.1. The minimum atomic E-state index is -1.99. The molecular weight excluding hydrogens is 420 g/mol. The zero-order valence-corrected chi connectivity index (χ0v) is 16.3. The van der Waals surface area contributed by atoms with E-state index >= 15 is 0 Å². The molecule has 4 unspecified atom stereocenters. The molecular formula is C18H21BrN2O6. The molecule has 146 valence electrons. The molecule has 0 spiro atoms. The van der Waals surface area contributed by atoms with Gasteiger partial charge in [0.15, 0.2) is 5.54 Å². The summed E-state index contributed by atoms with van der Waals surface area (Å²) in [6.45, 7) is 1.28. The fourth-order valence-corrected chi connectivity index (χ4v) is 4.43. The zero-order chi connectivity index (χ0) is 19.9. The van der Waals surface area contributed by atoms with Crippen LogP contribution in [0.5, 0.6) is 5.75 Å². The Labute approximate surface area is 164 Å². The number of unbranched alkanes of at least 4 members (excludes halogenated alkanes) is 1. The monoisotopic (exact) mass is 440 g/mol. The molecule has 2 amide bonds. The van der Waals surface area contributed by atoms with Crippen LogP contribution in [0.25, 0.3) is 0 Å². The minimum Gasteiger partial charge on any atom is -0.508 e. The van der Waals surface area contributed by atoms with E-state index in [0.29, 0.717) is 16.5 Å².